The summed E-state index contributed by atoms with van der Waals surface area (Å²) >= 11 is 0. The fraction of sp³-hybridized carbons (Fsp3) is 0.464. The molecule has 5 rings (SSSR count). The van der Waals surface area contributed by atoms with Crippen LogP contribution in [-0.4, -0.2) is 39.2 Å². The van der Waals surface area contributed by atoms with E-state index in [1.807, 2.05) is 0 Å². The summed E-state index contributed by atoms with van der Waals surface area (Å²) in [5.74, 6) is -0.619. The molecule has 0 N–H and O–H groups in total. The number of allylic oxidation sites excluding steroid dienone is 1. The molecule has 2 aliphatic heterocycles. The number of benzene rings is 2. The van der Waals surface area contributed by atoms with Gasteiger partial charge in [-0.05, 0) is 39.9 Å². The van der Waals surface area contributed by atoms with Crippen molar-refractivity contribution in [2.45, 2.75) is 63.4 Å². The highest BCUT2D eigenvalue weighted by molar-refractivity contribution is 6.99. The fourth-order valence-corrected chi connectivity index (χ4v) is 10.7. The Bertz CT molecular complexity index is 979. The van der Waals surface area contributed by atoms with E-state index >= 15 is 0 Å². The van der Waals surface area contributed by atoms with Gasteiger partial charge in [-0.1, -0.05) is 81.4 Å². The maximum atomic E-state index is 12.5. The molecule has 2 fully saturated rings. The van der Waals surface area contributed by atoms with Gasteiger partial charge in [0.2, 0.25) is 0 Å². The number of rotatable bonds is 4. The van der Waals surface area contributed by atoms with Crippen LogP contribution in [0.4, 0.5) is 0 Å². The van der Waals surface area contributed by atoms with E-state index in [4.69, 9.17) is 13.9 Å². The van der Waals surface area contributed by atoms with E-state index in [-0.39, 0.29) is 22.8 Å². The molecule has 1 spiro atoms. The SMILES string of the molecule is CC(C)(C)[Si](O[C@@H]1[C@H]2CC(=O)C=C2CO[C@@]12CCCCO2)(c1ccccc1)c1ccccc1. The molecule has 2 saturated heterocycles. The quantitative estimate of drug-likeness (QED) is 0.633. The first-order valence-corrected chi connectivity index (χ1v) is 14.1. The molecule has 0 saturated carbocycles. The van der Waals surface area contributed by atoms with Gasteiger partial charge in [0.1, 0.15) is 6.10 Å². The standard InChI is InChI=1S/C28H34O4Si/c1-27(2,3)33(23-12-6-4-7-13-23,24-14-8-5-9-15-24)32-26-25-19-22(29)18-21(25)20-31-28(26)16-10-11-17-30-28/h4-9,12-15,18,25-26H,10-11,16-17,19-20H2,1-3H3/t25-,26+,28-/m0/s1. The molecule has 3 aliphatic rings. The highest BCUT2D eigenvalue weighted by Gasteiger charge is 2.59. The molecule has 33 heavy (non-hydrogen) atoms. The number of fused-ring (bicyclic) bond motifs is 1. The van der Waals surface area contributed by atoms with Crippen molar-refractivity contribution in [1.82, 2.24) is 0 Å². The van der Waals surface area contributed by atoms with Gasteiger partial charge in [-0.15, -0.1) is 0 Å². The van der Waals surface area contributed by atoms with Crippen molar-refractivity contribution in [2.24, 2.45) is 5.92 Å². The molecule has 174 valence electrons. The average Bonchev–Trinajstić information content (AvgIpc) is 3.20. The molecule has 2 aromatic rings. The second-order valence-electron chi connectivity index (χ2n) is 10.6. The van der Waals surface area contributed by atoms with E-state index in [0.29, 0.717) is 19.6 Å². The van der Waals surface area contributed by atoms with Gasteiger partial charge in [-0.3, -0.25) is 4.79 Å². The van der Waals surface area contributed by atoms with Gasteiger partial charge in [0, 0.05) is 18.8 Å². The molecule has 0 radical (unpaired) electrons. The Morgan fingerprint density at radius 2 is 1.58 bits per heavy atom. The monoisotopic (exact) mass is 462 g/mol. The first-order chi connectivity index (χ1) is 15.9. The molecule has 4 nitrogen and oxygen atoms in total. The third-order valence-electron chi connectivity index (χ3n) is 7.51. The van der Waals surface area contributed by atoms with Crippen molar-refractivity contribution >= 4 is 24.5 Å². The van der Waals surface area contributed by atoms with Crippen molar-refractivity contribution < 1.29 is 18.7 Å². The largest absolute Gasteiger partial charge is 0.398 e. The van der Waals surface area contributed by atoms with Gasteiger partial charge in [0.15, 0.2) is 11.6 Å². The van der Waals surface area contributed by atoms with Gasteiger partial charge in [-0.2, -0.15) is 0 Å². The summed E-state index contributed by atoms with van der Waals surface area (Å²) in [6.07, 6.45) is 4.81. The Kier molecular flexibility index (Phi) is 5.94. The van der Waals surface area contributed by atoms with Crippen LogP contribution in [0.1, 0.15) is 46.5 Å². The minimum Gasteiger partial charge on any atom is -0.398 e. The summed E-state index contributed by atoms with van der Waals surface area (Å²) in [7, 11) is -2.83. The molecular formula is C28H34O4Si. The van der Waals surface area contributed by atoms with E-state index in [0.717, 1.165) is 24.8 Å². The smallest absolute Gasteiger partial charge is 0.261 e. The van der Waals surface area contributed by atoms with E-state index in [2.05, 4.69) is 81.4 Å². The van der Waals surface area contributed by atoms with Gasteiger partial charge in [0.25, 0.3) is 8.32 Å². The van der Waals surface area contributed by atoms with Gasteiger partial charge in [0.05, 0.1) is 13.2 Å². The average molecular weight is 463 g/mol. The van der Waals surface area contributed by atoms with Crippen LogP contribution in [-0.2, 0) is 18.7 Å². The summed E-state index contributed by atoms with van der Waals surface area (Å²) in [5, 5.41) is 2.31. The number of ketones is 1. The number of hydrogen-bond acceptors (Lipinski definition) is 4. The third-order valence-corrected chi connectivity index (χ3v) is 12.5. The summed E-state index contributed by atoms with van der Waals surface area (Å²) < 4.78 is 20.5. The van der Waals surface area contributed by atoms with E-state index in [9.17, 15) is 4.79 Å². The van der Waals surface area contributed by atoms with E-state index in [1.54, 1.807) is 6.08 Å². The van der Waals surface area contributed by atoms with Gasteiger partial charge < -0.3 is 13.9 Å². The Balaban J connectivity index is 1.69. The maximum absolute atomic E-state index is 12.5. The van der Waals surface area contributed by atoms with Gasteiger partial charge in [-0.25, -0.2) is 0 Å². The van der Waals surface area contributed by atoms with Crippen molar-refractivity contribution in [2.75, 3.05) is 13.2 Å². The molecule has 2 aromatic carbocycles. The second kappa shape index (κ2) is 8.62. The zero-order chi connectivity index (χ0) is 23.1. The molecule has 0 amide bonds. The van der Waals surface area contributed by atoms with Crippen molar-refractivity contribution in [3.05, 3.63) is 72.3 Å². The Morgan fingerprint density at radius 3 is 2.12 bits per heavy atom. The van der Waals surface area contributed by atoms with Gasteiger partial charge >= 0.3 is 0 Å². The molecule has 0 bridgehead atoms. The van der Waals surface area contributed by atoms with Crippen LogP contribution in [0.3, 0.4) is 0 Å². The zero-order valence-corrected chi connectivity index (χ0v) is 20.9. The predicted molar refractivity (Wildman–Crippen MR) is 132 cm³/mol. The van der Waals surface area contributed by atoms with Crippen LogP contribution >= 0.6 is 0 Å². The summed E-state index contributed by atoms with van der Waals surface area (Å²) in [5.41, 5.74) is 1.06. The normalized spacial score (nSPS) is 28.0. The van der Waals surface area contributed by atoms with Crippen LogP contribution in [0.25, 0.3) is 0 Å². The third kappa shape index (κ3) is 3.85. The van der Waals surface area contributed by atoms with E-state index in [1.165, 1.54) is 10.4 Å². The molecular weight excluding hydrogens is 428 g/mol. The Labute approximate surface area is 198 Å². The van der Waals surface area contributed by atoms with Crippen molar-refractivity contribution in [3.63, 3.8) is 0 Å². The zero-order valence-electron chi connectivity index (χ0n) is 19.9. The summed E-state index contributed by atoms with van der Waals surface area (Å²) in [4.78, 5) is 12.5. The van der Waals surface area contributed by atoms with Crippen LogP contribution in [0.5, 0.6) is 0 Å². The minimum atomic E-state index is -2.83. The highest BCUT2D eigenvalue weighted by Crippen LogP contribution is 2.48. The lowest BCUT2D eigenvalue weighted by Crippen LogP contribution is -2.71. The summed E-state index contributed by atoms with van der Waals surface area (Å²) in [6.45, 7) is 7.98. The molecule has 5 heteroatoms. The molecule has 3 atom stereocenters. The predicted octanol–water partition coefficient (Wildman–Crippen LogP) is 4.37. The molecule has 0 unspecified atom stereocenters. The van der Waals surface area contributed by atoms with E-state index < -0.39 is 14.1 Å². The van der Waals surface area contributed by atoms with Crippen LogP contribution in [0, 0.1) is 5.92 Å². The lowest BCUT2D eigenvalue weighted by molar-refractivity contribution is -0.310. The lowest BCUT2D eigenvalue weighted by atomic mass is 9.84. The fourth-order valence-electron chi connectivity index (χ4n) is 5.95. The molecule has 1 aliphatic carbocycles. The second-order valence-corrected chi connectivity index (χ2v) is 14.9. The topological polar surface area (TPSA) is 44.8 Å². The van der Waals surface area contributed by atoms with Crippen molar-refractivity contribution in [3.8, 4) is 0 Å². The lowest BCUT2D eigenvalue weighted by Gasteiger charge is -2.54. The Hall–Kier alpha value is -2.05. The van der Waals surface area contributed by atoms with Crippen LogP contribution in [0.15, 0.2) is 72.3 Å². The maximum Gasteiger partial charge on any atom is 0.261 e. The van der Waals surface area contributed by atoms with Crippen molar-refractivity contribution in [1.29, 1.82) is 0 Å². The number of ether oxygens (including phenoxy) is 2. The van der Waals surface area contributed by atoms with Crippen LogP contribution < -0.4 is 10.4 Å². The molecule has 2 heterocycles. The minimum absolute atomic E-state index is 0.00556. The number of carbonyl (C=O) groups excluding carboxylic acids is 1. The molecule has 0 aromatic heterocycles. The number of carbonyl (C=O) groups is 1. The number of hydrogen-bond donors (Lipinski definition) is 0. The highest BCUT2D eigenvalue weighted by atomic mass is 28.4. The van der Waals surface area contributed by atoms with Crippen LogP contribution in [0.2, 0.25) is 5.04 Å². The first-order valence-electron chi connectivity index (χ1n) is 12.2. The Morgan fingerprint density at radius 1 is 0.939 bits per heavy atom. The first kappa shape index (κ1) is 22.7. The summed E-state index contributed by atoms with van der Waals surface area (Å²) in [6, 6.07) is 21.3.